The van der Waals surface area contributed by atoms with E-state index in [2.05, 4.69) is 43.9 Å². The Labute approximate surface area is 154 Å². The largest absolute Gasteiger partial charge is 0.357 e. The molecule has 124 valence electrons. The number of nitrogens with zero attached hydrogens (tertiary/aromatic N) is 3. The lowest BCUT2D eigenvalue weighted by molar-refractivity contribution is 0.829. The van der Waals surface area contributed by atoms with Crippen LogP contribution in [0, 0.1) is 0 Å². The second kappa shape index (κ2) is 10.9. The number of guanidine groups is 1. The van der Waals surface area contributed by atoms with Gasteiger partial charge in [0.15, 0.2) is 5.96 Å². The molecular weight excluding hydrogens is 409 g/mol. The van der Waals surface area contributed by atoms with E-state index in [1.54, 1.807) is 7.05 Å². The minimum Gasteiger partial charge on any atom is -0.357 e. The average Bonchev–Trinajstić information content (AvgIpc) is 3.05. The van der Waals surface area contributed by atoms with Crippen LogP contribution in [0.5, 0.6) is 0 Å². The number of aromatic nitrogens is 1. The van der Waals surface area contributed by atoms with Gasteiger partial charge in [0, 0.05) is 45.2 Å². The fourth-order valence-corrected chi connectivity index (χ4v) is 2.67. The van der Waals surface area contributed by atoms with Gasteiger partial charge in [0.25, 0.3) is 0 Å². The van der Waals surface area contributed by atoms with Gasteiger partial charge < -0.3 is 15.5 Å². The summed E-state index contributed by atoms with van der Waals surface area (Å²) in [4.78, 5) is 11.1. The monoisotopic (exact) mass is 435 g/mol. The van der Waals surface area contributed by atoms with E-state index in [4.69, 9.17) is 0 Å². The lowest BCUT2D eigenvalue weighted by Gasteiger charge is -2.17. The first kappa shape index (κ1) is 19.3. The second-order valence-electron chi connectivity index (χ2n) is 5.06. The fourth-order valence-electron chi connectivity index (χ4n) is 2.37. The second-order valence-corrected chi connectivity index (χ2v) is 6.05. The van der Waals surface area contributed by atoms with Crippen LogP contribution in [0.2, 0.25) is 0 Å². The minimum absolute atomic E-state index is 0. The molecule has 0 aliphatic carbocycles. The van der Waals surface area contributed by atoms with Crippen LogP contribution in [-0.2, 0) is 6.54 Å². The molecule has 0 spiro atoms. The Kier molecular flexibility index (Phi) is 9.61. The third-order valence-corrected chi connectivity index (χ3v) is 4.13. The number of pyridine rings is 1. The SMILES string of the molecule is CN=C(NCCSC)NCc1ccnc(N2CCCC2)c1.I. The molecule has 0 atom stereocenters. The number of anilines is 1. The molecule has 0 radical (unpaired) electrons. The van der Waals surface area contributed by atoms with Gasteiger partial charge in [-0.15, -0.1) is 24.0 Å². The van der Waals surface area contributed by atoms with Crippen molar-refractivity contribution in [3.8, 4) is 0 Å². The van der Waals surface area contributed by atoms with E-state index < -0.39 is 0 Å². The number of aliphatic imine (C=N–C) groups is 1. The molecule has 1 aliphatic heterocycles. The van der Waals surface area contributed by atoms with Crippen LogP contribution < -0.4 is 15.5 Å². The van der Waals surface area contributed by atoms with Crippen LogP contribution in [0.15, 0.2) is 23.3 Å². The van der Waals surface area contributed by atoms with E-state index in [0.717, 1.165) is 43.7 Å². The van der Waals surface area contributed by atoms with Gasteiger partial charge in [-0.1, -0.05) is 0 Å². The number of rotatable bonds is 6. The predicted octanol–water partition coefficient (Wildman–Crippen LogP) is 2.33. The van der Waals surface area contributed by atoms with Gasteiger partial charge in [0.05, 0.1) is 0 Å². The summed E-state index contributed by atoms with van der Waals surface area (Å²) in [7, 11) is 1.80. The molecule has 7 heteroatoms. The van der Waals surface area contributed by atoms with Gasteiger partial charge in [-0.2, -0.15) is 11.8 Å². The standard InChI is InChI=1S/C15H25N5S.HI/c1-16-15(18-7-10-21-2)19-12-13-5-6-17-14(11-13)20-8-3-4-9-20;/h5-6,11H,3-4,7-10,12H2,1-2H3,(H2,16,18,19);1H. The summed E-state index contributed by atoms with van der Waals surface area (Å²) >= 11 is 1.83. The van der Waals surface area contributed by atoms with Crippen LogP contribution >= 0.6 is 35.7 Å². The van der Waals surface area contributed by atoms with Gasteiger partial charge >= 0.3 is 0 Å². The van der Waals surface area contributed by atoms with E-state index in [1.165, 1.54) is 18.4 Å². The molecule has 22 heavy (non-hydrogen) atoms. The topological polar surface area (TPSA) is 52.6 Å². The molecule has 2 N–H and O–H groups in total. The number of hydrogen-bond acceptors (Lipinski definition) is 4. The Morgan fingerprint density at radius 2 is 2.14 bits per heavy atom. The van der Waals surface area contributed by atoms with Crippen molar-refractivity contribution in [2.24, 2.45) is 4.99 Å². The van der Waals surface area contributed by atoms with Crippen LogP contribution in [0.25, 0.3) is 0 Å². The first-order valence-corrected chi connectivity index (χ1v) is 8.86. The molecule has 1 saturated heterocycles. The molecule has 0 aromatic carbocycles. The van der Waals surface area contributed by atoms with Gasteiger partial charge in [-0.25, -0.2) is 4.98 Å². The highest BCUT2D eigenvalue weighted by Gasteiger charge is 2.13. The van der Waals surface area contributed by atoms with Gasteiger partial charge in [-0.05, 0) is 36.8 Å². The Hall–Kier alpha value is -0.700. The molecule has 2 rings (SSSR count). The molecule has 1 aromatic rings. The summed E-state index contributed by atoms with van der Waals surface area (Å²) in [6, 6.07) is 4.23. The van der Waals surface area contributed by atoms with Crippen molar-refractivity contribution in [3.05, 3.63) is 23.9 Å². The van der Waals surface area contributed by atoms with Gasteiger partial charge in [0.1, 0.15) is 5.82 Å². The molecule has 1 fully saturated rings. The minimum atomic E-state index is 0. The van der Waals surface area contributed by atoms with Crippen molar-refractivity contribution in [1.29, 1.82) is 0 Å². The summed E-state index contributed by atoms with van der Waals surface area (Å²) in [6.45, 7) is 3.95. The van der Waals surface area contributed by atoms with E-state index in [0.29, 0.717) is 0 Å². The zero-order valence-electron chi connectivity index (χ0n) is 13.3. The quantitative estimate of drug-likeness (QED) is 0.311. The maximum atomic E-state index is 4.48. The third-order valence-electron chi connectivity index (χ3n) is 3.52. The van der Waals surface area contributed by atoms with E-state index >= 15 is 0 Å². The van der Waals surface area contributed by atoms with Gasteiger partial charge in [0.2, 0.25) is 0 Å². The molecule has 5 nitrogen and oxygen atoms in total. The van der Waals surface area contributed by atoms with Crippen LogP contribution in [0.4, 0.5) is 5.82 Å². The highest BCUT2D eigenvalue weighted by molar-refractivity contribution is 14.0. The van der Waals surface area contributed by atoms with Crippen LogP contribution in [0.1, 0.15) is 18.4 Å². The smallest absolute Gasteiger partial charge is 0.191 e. The van der Waals surface area contributed by atoms with Crippen molar-refractivity contribution in [2.45, 2.75) is 19.4 Å². The van der Waals surface area contributed by atoms with Crippen LogP contribution in [0.3, 0.4) is 0 Å². The third kappa shape index (κ3) is 6.20. The summed E-state index contributed by atoms with van der Waals surface area (Å²) in [5, 5.41) is 6.65. The Morgan fingerprint density at radius 3 is 2.82 bits per heavy atom. The first-order chi connectivity index (χ1) is 10.3. The normalized spacial score (nSPS) is 14.6. The number of halogens is 1. The number of nitrogens with one attached hydrogen (secondary N) is 2. The van der Waals surface area contributed by atoms with E-state index in [9.17, 15) is 0 Å². The molecule has 0 bridgehead atoms. The summed E-state index contributed by atoms with van der Waals surface area (Å²) < 4.78 is 0. The maximum Gasteiger partial charge on any atom is 0.191 e. The summed E-state index contributed by atoms with van der Waals surface area (Å²) in [6.07, 6.45) is 6.55. The molecule has 0 unspecified atom stereocenters. The number of hydrogen-bond donors (Lipinski definition) is 2. The Bertz CT molecular complexity index is 463. The Balaban J connectivity index is 0.00000242. The average molecular weight is 435 g/mol. The molecule has 1 aromatic heterocycles. The highest BCUT2D eigenvalue weighted by atomic mass is 127. The van der Waals surface area contributed by atoms with Crippen molar-refractivity contribution < 1.29 is 0 Å². The van der Waals surface area contributed by atoms with E-state index in [1.807, 2.05) is 18.0 Å². The molecular formula is C15H26IN5S. The fraction of sp³-hybridized carbons (Fsp3) is 0.600. The predicted molar refractivity (Wildman–Crippen MR) is 108 cm³/mol. The van der Waals surface area contributed by atoms with Crippen LogP contribution in [-0.4, -0.2) is 49.6 Å². The van der Waals surface area contributed by atoms with Crippen molar-refractivity contribution >= 4 is 47.5 Å². The Morgan fingerprint density at radius 1 is 1.36 bits per heavy atom. The molecule has 2 heterocycles. The number of thioether (sulfide) groups is 1. The lowest BCUT2D eigenvalue weighted by Crippen LogP contribution is -2.38. The summed E-state index contributed by atoms with van der Waals surface area (Å²) in [5.41, 5.74) is 1.24. The lowest BCUT2D eigenvalue weighted by atomic mass is 10.2. The van der Waals surface area contributed by atoms with Gasteiger partial charge in [-0.3, -0.25) is 4.99 Å². The highest BCUT2D eigenvalue weighted by Crippen LogP contribution is 2.18. The zero-order chi connectivity index (χ0) is 14.9. The molecule has 0 saturated carbocycles. The van der Waals surface area contributed by atoms with Crippen molar-refractivity contribution in [2.75, 3.05) is 43.6 Å². The van der Waals surface area contributed by atoms with Crippen molar-refractivity contribution in [3.63, 3.8) is 0 Å². The summed E-state index contributed by atoms with van der Waals surface area (Å²) in [5.74, 6) is 3.02. The molecule has 1 aliphatic rings. The van der Waals surface area contributed by atoms with Crippen molar-refractivity contribution in [1.82, 2.24) is 15.6 Å². The zero-order valence-corrected chi connectivity index (χ0v) is 16.5. The maximum absolute atomic E-state index is 4.48. The molecule has 0 amide bonds. The first-order valence-electron chi connectivity index (χ1n) is 7.47. The van der Waals surface area contributed by atoms with E-state index in [-0.39, 0.29) is 24.0 Å².